The van der Waals surface area contributed by atoms with Crippen molar-refractivity contribution in [1.29, 1.82) is 0 Å². The highest BCUT2D eigenvalue weighted by molar-refractivity contribution is 6.04. The normalized spacial score (nSPS) is 10.0. The summed E-state index contributed by atoms with van der Waals surface area (Å²) in [6, 6.07) is 23.7. The average molecular weight is 319 g/mol. The standard InChI is InChI=1S/C20H17NO3/c1-23-19-9-5-6-16(14-19)21-20(22)15-10-12-18(13-11-15)24-17-7-3-2-4-8-17/h2-14H,1H3,(H,21,22). The van der Waals surface area contributed by atoms with Crippen LogP contribution in [0.2, 0.25) is 0 Å². The van der Waals surface area contributed by atoms with Crippen LogP contribution in [0.25, 0.3) is 0 Å². The minimum Gasteiger partial charge on any atom is -0.497 e. The number of ether oxygens (including phenoxy) is 2. The Morgan fingerprint density at radius 2 is 1.46 bits per heavy atom. The van der Waals surface area contributed by atoms with Gasteiger partial charge in [-0.3, -0.25) is 4.79 Å². The molecule has 1 amide bonds. The van der Waals surface area contributed by atoms with Crippen molar-refractivity contribution in [2.45, 2.75) is 0 Å². The third kappa shape index (κ3) is 3.93. The van der Waals surface area contributed by atoms with Gasteiger partial charge in [0.05, 0.1) is 7.11 Å². The Labute approximate surface area is 140 Å². The van der Waals surface area contributed by atoms with Crippen molar-refractivity contribution in [1.82, 2.24) is 0 Å². The second-order valence-corrected chi connectivity index (χ2v) is 5.13. The first kappa shape index (κ1) is 15.6. The van der Waals surface area contributed by atoms with Crippen molar-refractivity contribution in [2.75, 3.05) is 12.4 Å². The van der Waals surface area contributed by atoms with Crippen molar-refractivity contribution in [3.05, 3.63) is 84.4 Å². The molecule has 3 aromatic carbocycles. The number of nitrogens with one attached hydrogen (secondary N) is 1. The molecule has 0 aliphatic rings. The molecule has 0 unspecified atom stereocenters. The van der Waals surface area contributed by atoms with Gasteiger partial charge in [-0.2, -0.15) is 0 Å². The summed E-state index contributed by atoms with van der Waals surface area (Å²) >= 11 is 0. The molecular weight excluding hydrogens is 302 g/mol. The Bertz CT molecular complexity index is 814. The molecule has 0 fully saturated rings. The number of rotatable bonds is 5. The molecule has 0 heterocycles. The number of methoxy groups -OCH3 is 1. The van der Waals surface area contributed by atoms with Gasteiger partial charge in [0, 0.05) is 17.3 Å². The third-order valence-electron chi connectivity index (χ3n) is 3.42. The molecule has 24 heavy (non-hydrogen) atoms. The summed E-state index contributed by atoms with van der Waals surface area (Å²) in [6.45, 7) is 0. The lowest BCUT2D eigenvalue weighted by atomic mass is 10.2. The van der Waals surface area contributed by atoms with Crippen molar-refractivity contribution in [3.8, 4) is 17.2 Å². The molecule has 0 aromatic heterocycles. The van der Waals surface area contributed by atoms with Crippen LogP contribution in [0, 0.1) is 0 Å². The molecule has 0 radical (unpaired) electrons. The Hall–Kier alpha value is -3.27. The van der Waals surface area contributed by atoms with Crippen LogP contribution in [0.1, 0.15) is 10.4 Å². The van der Waals surface area contributed by atoms with Crippen LogP contribution >= 0.6 is 0 Å². The van der Waals surface area contributed by atoms with E-state index in [0.29, 0.717) is 22.7 Å². The highest BCUT2D eigenvalue weighted by Gasteiger charge is 2.07. The zero-order valence-corrected chi connectivity index (χ0v) is 13.2. The van der Waals surface area contributed by atoms with Gasteiger partial charge in [-0.1, -0.05) is 24.3 Å². The Morgan fingerprint density at radius 3 is 2.17 bits per heavy atom. The zero-order valence-electron chi connectivity index (χ0n) is 13.2. The van der Waals surface area contributed by atoms with E-state index in [9.17, 15) is 4.79 Å². The van der Waals surface area contributed by atoms with E-state index in [2.05, 4.69) is 5.32 Å². The van der Waals surface area contributed by atoms with Gasteiger partial charge in [0.1, 0.15) is 17.2 Å². The average Bonchev–Trinajstić information content (AvgIpc) is 2.63. The first-order valence-electron chi connectivity index (χ1n) is 7.53. The van der Waals surface area contributed by atoms with E-state index < -0.39 is 0 Å². The minimum absolute atomic E-state index is 0.186. The maximum atomic E-state index is 12.3. The van der Waals surface area contributed by atoms with Gasteiger partial charge in [0.2, 0.25) is 0 Å². The quantitative estimate of drug-likeness (QED) is 0.739. The highest BCUT2D eigenvalue weighted by atomic mass is 16.5. The lowest BCUT2D eigenvalue weighted by Crippen LogP contribution is -2.11. The van der Waals surface area contributed by atoms with Gasteiger partial charge in [-0.05, 0) is 48.5 Å². The number of carbonyl (C=O) groups excluding carboxylic acids is 1. The summed E-state index contributed by atoms with van der Waals surface area (Å²) in [7, 11) is 1.59. The maximum Gasteiger partial charge on any atom is 0.255 e. The molecule has 4 heteroatoms. The van der Waals surface area contributed by atoms with Crippen molar-refractivity contribution in [2.24, 2.45) is 0 Å². The fourth-order valence-corrected chi connectivity index (χ4v) is 2.20. The molecule has 0 atom stereocenters. The van der Waals surface area contributed by atoms with Crippen LogP contribution in [0.5, 0.6) is 17.2 Å². The predicted molar refractivity (Wildman–Crippen MR) is 93.9 cm³/mol. The topological polar surface area (TPSA) is 47.6 Å². The van der Waals surface area contributed by atoms with Crippen LogP contribution in [0.4, 0.5) is 5.69 Å². The molecule has 0 aliphatic carbocycles. The number of benzene rings is 3. The smallest absolute Gasteiger partial charge is 0.255 e. The van der Waals surface area contributed by atoms with Crippen molar-refractivity contribution in [3.63, 3.8) is 0 Å². The molecule has 0 bridgehead atoms. The fraction of sp³-hybridized carbons (Fsp3) is 0.0500. The minimum atomic E-state index is -0.186. The number of anilines is 1. The summed E-state index contributed by atoms with van der Waals surface area (Å²) in [4.78, 5) is 12.3. The van der Waals surface area contributed by atoms with Crippen LogP contribution in [0.15, 0.2) is 78.9 Å². The van der Waals surface area contributed by atoms with E-state index >= 15 is 0 Å². The molecule has 0 spiro atoms. The summed E-state index contributed by atoms with van der Waals surface area (Å²) in [5, 5.41) is 2.84. The van der Waals surface area contributed by atoms with Gasteiger partial charge >= 0.3 is 0 Å². The largest absolute Gasteiger partial charge is 0.497 e. The lowest BCUT2D eigenvalue weighted by Gasteiger charge is -2.08. The van der Waals surface area contributed by atoms with E-state index in [4.69, 9.17) is 9.47 Å². The summed E-state index contributed by atoms with van der Waals surface area (Å²) in [5.74, 6) is 1.94. The first-order chi connectivity index (χ1) is 11.7. The van der Waals surface area contributed by atoms with Gasteiger partial charge in [0.25, 0.3) is 5.91 Å². The number of para-hydroxylation sites is 1. The molecule has 3 aromatic rings. The molecular formula is C20H17NO3. The lowest BCUT2D eigenvalue weighted by molar-refractivity contribution is 0.102. The van der Waals surface area contributed by atoms with Gasteiger partial charge in [-0.15, -0.1) is 0 Å². The number of amides is 1. The van der Waals surface area contributed by atoms with Gasteiger partial charge in [-0.25, -0.2) is 0 Å². The number of hydrogen-bond acceptors (Lipinski definition) is 3. The monoisotopic (exact) mass is 319 g/mol. The molecule has 120 valence electrons. The van der Waals surface area contributed by atoms with Crippen molar-refractivity contribution < 1.29 is 14.3 Å². The second-order valence-electron chi connectivity index (χ2n) is 5.13. The highest BCUT2D eigenvalue weighted by Crippen LogP contribution is 2.22. The Morgan fingerprint density at radius 1 is 0.792 bits per heavy atom. The fourth-order valence-electron chi connectivity index (χ4n) is 2.20. The number of hydrogen-bond donors (Lipinski definition) is 1. The number of carbonyl (C=O) groups is 1. The molecule has 0 saturated carbocycles. The van der Waals surface area contributed by atoms with Gasteiger partial charge in [0.15, 0.2) is 0 Å². The molecule has 3 rings (SSSR count). The summed E-state index contributed by atoms with van der Waals surface area (Å²) in [5.41, 5.74) is 1.24. The SMILES string of the molecule is COc1cccc(NC(=O)c2ccc(Oc3ccccc3)cc2)c1. The van der Waals surface area contributed by atoms with Gasteiger partial charge < -0.3 is 14.8 Å². The second kappa shape index (κ2) is 7.33. The first-order valence-corrected chi connectivity index (χ1v) is 7.53. The summed E-state index contributed by atoms with van der Waals surface area (Å²) < 4.78 is 10.9. The van der Waals surface area contributed by atoms with Crippen LogP contribution in [0.3, 0.4) is 0 Å². The van der Waals surface area contributed by atoms with Crippen molar-refractivity contribution >= 4 is 11.6 Å². The Kier molecular flexibility index (Phi) is 4.77. The molecule has 0 aliphatic heterocycles. The van der Waals surface area contributed by atoms with E-state index in [1.165, 1.54) is 0 Å². The molecule has 1 N–H and O–H groups in total. The van der Waals surface area contributed by atoms with E-state index in [1.807, 2.05) is 48.5 Å². The Balaban J connectivity index is 1.67. The molecule has 0 saturated heterocycles. The van der Waals surface area contributed by atoms with Crippen LogP contribution < -0.4 is 14.8 Å². The van der Waals surface area contributed by atoms with Crippen LogP contribution in [-0.2, 0) is 0 Å². The van der Waals surface area contributed by atoms with Crippen LogP contribution in [-0.4, -0.2) is 13.0 Å². The van der Waals surface area contributed by atoms with E-state index in [-0.39, 0.29) is 5.91 Å². The predicted octanol–water partition coefficient (Wildman–Crippen LogP) is 4.74. The third-order valence-corrected chi connectivity index (χ3v) is 3.42. The van der Waals surface area contributed by atoms with E-state index in [1.54, 1.807) is 37.4 Å². The maximum absolute atomic E-state index is 12.3. The zero-order chi connectivity index (χ0) is 16.8. The van der Waals surface area contributed by atoms with E-state index in [0.717, 1.165) is 5.75 Å². The molecule has 4 nitrogen and oxygen atoms in total. The summed E-state index contributed by atoms with van der Waals surface area (Å²) in [6.07, 6.45) is 0.